The highest BCUT2D eigenvalue weighted by Crippen LogP contribution is 2.42. The van der Waals surface area contributed by atoms with Crippen molar-refractivity contribution in [1.82, 2.24) is 14.7 Å². The van der Waals surface area contributed by atoms with E-state index in [-0.39, 0.29) is 5.92 Å². The Hall–Kier alpha value is -1.36. The Bertz CT molecular complexity index is 459. The molecule has 0 aliphatic heterocycles. The summed E-state index contributed by atoms with van der Waals surface area (Å²) < 4.78 is 1.87. The highest BCUT2D eigenvalue weighted by molar-refractivity contribution is 5.78. The van der Waals surface area contributed by atoms with Crippen molar-refractivity contribution in [3.05, 3.63) is 18.5 Å². The molecule has 0 saturated heterocycles. The zero-order valence-corrected chi connectivity index (χ0v) is 12.8. The van der Waals surface area contributed by atoms with Gasteiger partial charge in [-0.05, 0) is 43.6 Å². The van der Waals surface area contributed by atoms with Crippen LogP contribution in [0.15, 0.2) is 18.5 Å². The zero-order valence-electron chi connectivity index (χ0n) is 12.8. The average Bonchev–Trinajstić information content (AvgIpc) is 2.97. The van der Waals surface area contributed by atoms with E-state index in [4.69, 9.17) is 5.73 Å². The second-order valence-corrected chi connectivity index (χ2v) is 6.73. The highest BCUT2D eigenvalue weighted by atomic mass is 16.2. The van der Waals surface area contributed by atoms with Gasteiger partial charge in [0.2, 0.25) is 5.91 Å². The first kappa shape index (κ1) is 14.6. The van der Waals surface area contributed by atoms with E-state index in [1.807, 2.05) is 28.9 Å². The summed E-state index contributed by atoms with van der Waals surface area (Å²) in [7, 11) is 1.91. The maximum absolute atomic E-state index is 12.7. The lowest BCUT2D eigenvalue weighted by atomic mass is 9.65. The van der Waals surface area contributed by atoms with Crippen LogP contribution < -0.4 is 5.73 Å². The molecule has 2 bridgehead atoms. The van der Waals surface area contributed by atoms with Gasteiger partial charge in [-0.1, -0.05) is 6.42 Å². The van der Waals surface area contributed by atoms with Gasteiger partial charge in [0.1, 0.15) is 0 Å². The third-order valence-electron chi connectivity index (χ3n) is 5.36. The Morgan fingerprint density at radius 1 is 1.38 bits per heavy atom. The van der Waals surface area contributed by atoms with Crippen LogP contribution >= 0.6 is 0 Å². The standard InChI is InChI=1S/C16H26N4O/c1-19(8-9-20-7-3-6-18-20)16(21)14-10-12-4-2-5-13(11-14)15(12)17/h3,6-7,12-15H,2,4-5,8-11,17H2,1H3. The molecule has 5 nitrogen and oxygen atoms in total. The molecule has 2 fully saturated rings. The fraction of sp³-hybridized carbons (Fsp3) is 0.750. The third kappa shape index (κ3) is 3.12. The Morgan fingerprint density at radius 2 is 2.10 bits per heavy atom. The van der Waals surface area contributed by atoms with Crippen LogP contribution in [0.5, 0.6) is 0 Å². The summed E-state index contributed by atoms with van der Waals surface area (Å²) in [5.74, 6) is 1.60. The molecule has 1 amide bonds. The second-order valence-electron chi connectivity index (χ2n) is 6.73. The molecule has 2 saturated carbocycles. The van der Waals surface area contributed by atoms with Crippen LogP contribution in [-0.4, -0.2) is 40.2 Å². The topological polar surface area (TPSA) is 64.2 Å². The molecule has 1 heterocycles. The predicted octanol–water partition coefficient (Wildman–Crippen LogP) is 1.50. The first-order valence-corrected chi connectivity index (χ1v) is 8.13. The van der Waals surface area contributed by atoms with Crippen molar-refractivity contribution in [2.45, 2.75) is 44.7 Å². The fourth-order valence-electron chi connectivity index (χ4n) is 4.10. The number of aromatic nitrogens is 2. The van der Waals surface area contributed by atoms with E-state index in [0.717, 1.165) is 25.9 Å². The molecule has 1 aromatic heterocycles. The largest absolute Gasteiger partial charge is 0.344 e. The Labute approximate surface area is 126 Å². The maximum Gasteiger partial charge on any atom is 0.225 e. The third-order valence-corrected chi connectivity index (χ3v) is 5.36. The quantitative estimate of drug-likeness (QED) is 0.914. The average molecular weight is 290 g/mol. The van der Waals surface area contributed by atoms with Gasteiger partial charge in [-0.15, -0.1) is 0 Å². The minimum absolute atomic E-state index is 0.183. The molecule has 0 aromatic carbocycles. The number of nitrogens with zero attached hydrogens (tertiary/aromatic N) is 3. The summed E-state index contributed by atoms with van der Waals surface area (Å²) in [6.45, 7) is 1.48. The molecule has 0 spiro atoms. The minimum Gasteiger partial charge on any atom is -0.344 e. The van der Waals surface area contributed by atoms with Gasteiger partial charge in [-0.2, -0.15) is 5.10 Å². The summed E-state index contributed by atoms with van der Waals surface area (Å²) in [6.07, 6.45) is 9.38. The lowest BCUT2D eigenvalue weighted by Gasteiger charge is -2.44. The molecule has 2 unspecified atom stereocenters. The number of likely N-dealkylation sites (N-methyl/N-ethyl adjacent to an activating group) is 1. The Balaban J connectivity index is 1.55. The highest BCUT2D eigenvalue weighted by Gasteiger charge is 2.41. The predicted molar refractivity (Wildman–Crippen MR) is 81.4 cm³/mol. The fourth-order valence-corrected chi connectivity index (χ4v) is 4.10. The van der Waals surface area contributed by atoms with Crippen molar-refractivity contribution in [1.29, 1.82) is 0 Å². The molecule has 2 atom stereocenters. The summed E-state index contributed by atoms with van der Waals surface area (Å²) in [4.78, 5) is 14.5. The van der Waals surface area contributed by atoms with Crippen LogP contribution in [0.3, 0.4) is 0 Å². The number of hydrogen-bond donors (Lipinski definition) is 1. The van der Waals surface area contributed by atoms with E-state index in [2.05, 4.69) is 5.10 Å². The molecular formula is C16H26N4O. The molecule has 2 aliphatic carbocycles. The summed E-state index contributed by atoms with van der Waals surface area (Å²) in [5, 5.41) is 4.18. The summed E-state index contributed by atoms with van der Waals surface area (Å²) in [5.41, 5.74) is 6.31. The number of fused-ring (bicyclic) bond motifs is 2. The molecule has 0 radical (unpaired) electrons. The van der Waals surface area contributed by atoms with Gasteiger partial charge < -0.3 is 10.6 Å². The number of amides is 1. The van der Waals surface area contributed by atoms with Crippen LogP contribution in [0.4, 0.5) is 0 Å². The van der Waals surface area contributed by atoms with Crippen LogP contribution in [0.25, 0.3) is 0 Å². The van der Waals surface area contributed by atoms with Crippen LogP contribution in [-0.2, 0) is 11.3 Å². The van der Waals surface area contributed by atoms with Gasteiger partial charge in [0.15, 0.2) is 0 Å². The number of rotatable bonds is 4. The molecule has 3 rings (SSSR count). The number of hydrogen-bond acceptors (Lipinski definition) is 3. The summed E-state index contributed by atoms with van der Waals surface area (Å²) in [6, 6.07) is 2.24. The van der Waals surface area contributed by atoms with Crippen LogP contribution in [0, 0.1) is 17.8 Å². The number of carbonyl (C=O) groups is 1. The van der Waals surface area contributed by atoms with E-state index >= 15 is 0 Å². The SMILES string of the molecule is CN(CCn1cccn1)C(=O)C1CC2CCCC(C1)C2N. The normalized spacial score (nSPS) is 31.9. The lowest BCUT2D eigenvalue weighted by molar-refractivity contribution is -0.137. The van der Waals surface area contributed by atoms with Gasteiger partial charge in [-0.3, -0.25) is 9.48 Å². The minimum atomic E-state index is 0.183. The number of carbonyl (C=O) groups excluding carboxylic acids is 1. The van der Waals surface area contributed by atoms with Gasteiger partial charge in [0.25, 0.3) is 0 Å². The maximum atomic E-state index is 12.7. The molecule has 2 aliphatic rings. The lowest BCUT2D eigenvalue weighted by Crippen LogP contribution is -2.49. The van der Waals surface area contributed by atoms with Gasteiger partial charge >= 0.3 is 0 Å². The van der Waals surface area contributed by atoms with E-state index < -0.39 is 0 Å². The van der Waals surface area contributed by atoms with E-state index in [1.54, 1.807) is 6.20 Å². The Morgan fingerprint density at radius 3 is 2.71 bits per heavy atom. The monoisotopic (exact) mass is 290 g/mol. The van der Waals surface area contributed by atoms with Crippen molar-refractivity contribution in [3.8, 4) is 0 Å². The number of nitrogens with two attached hydrogens (primary N) is 1. The zero-order chi connectivity index (χ0) is 14.8. The van der Waals surface area contributed by atoms with Crippen molar-refractivity contribution < 1.29 is 4.79 Å². The van der Waals surface area contributed by atoms with E-state index in [1.165, 1.54) is 19.3 Å². The first-order chi connectivity index (χ1) is 10.1. The molecule has 21 heavy (non-hydrogen) atoms. The summed E-state index contributed by atoms with van der Waals surface area (Å²) >= 11 is 0. The molecule has 116 valence electrons. The van der Waals surface area contributed by atoms with Crippen LogP contribution in [0.1, 0.15) is 32.1 Å². The van der Waals surface area contributed by atoms with Crippen molar-refractivity contribution >= 4 is 5.91 Å². The smallest absolute Gasteiger partial charge is 0.225 e. The van der Waals surface area contributed by atoms with Gasteiger partial charge in [0.05, 0.1) is 6.54 Å². The van der Waals surface area contributed by atoms with Crippen molar-refractivity contribution in [3.63, 3.8) is 0 Å². The van der Waals surface area contributed by atoms with Crippen molar-refractivity contribution in [2.24, 2.45) is 23.5 Å². The van der Waals surface area contributed by atoms with Crippen LogP contribution in [0.2, 0.25) is 0 Å². The van der Waals surface area contributed by atoms with E-state index in [0.29, 0.717) is 23.8 Å². The first-order valence-electron chi connectivity index (χ1n) is 8.13. The molecule has 2 N–H and O–H groups in total. The molecule has 5 heteroatoms. The van der Waals surface area contributed by atoms with E-state index in [9.17, 15) is 4.79 Å². The van der Waals surface area contributed by atoms with Crippen molar-refractivity contribution in [2.75, 3.05) is 13.6 Å². The van der Waals surface area contributed by atoms with Gasteiger partial charge in [-0.25, -0.2) is 0 Å². The Kier molecular flexibility index (Phi) is 4.29. The molecular weight excluding hydrogens is 264 g/mol. The second kappa shape index (κ2) is 6.18. The molecule has 1 aromatic rings. The van der Waals surface area contributed by atoms with Gasteiger partial charge in [0, 0.05) is 37.9 Å².